The Hall–Kier alpha value is -2.72. The maximum Gasteiger partial charge on any atom is 0.264 e. The largest absolute Gasteiger partial charge is 0.350 e. The van der Waals surface area contributed by atoms with E-state index in [0.717, 1.165) is 14.8 Å². The topological polar surface area (TPSA) is 86.8 Å². The van der Waals surface area contributed by atoms with E-state index in [2.05, 4.69) is 5.32 Å². The zero-order chi connectivity index (χ0) is 30.5. The van der Waals surface area contributed by atoms with E-state index in [9.17, 15) is 18.0 Å². The molecule has 2 amide bonds. The van der Waals surface area contributed by atoms with E-state index in [1.807, 2.05) is 34.0 Å². The van der Waals surface area contributed by atoms with Crippen LogP contribution in [0, 0.1) is 6.92 Å². The van der Waals surface area contributed by atoms with E-state index < -0.39 is 34.1 Å². The van der Waals surface area contributed by atoms with Crippen molar-refractivity contribution in [1.29, 1.82) is 0 Å². The van der Waals surface area contributed by atoms with Gasteiger partial charge < -0.3 is 10.2 Å². The highest BCUT2D eigenvalue weighted by Gasteiger charge is 2.33. The molecule has 41 heavy (non-hydrogen) atoms. The van der Waals surface area contributed by atoms with Crippen LogP contribution in [0.4, 0.5) is 5.69 Å². The zero-order valence-electron chi connectivity index (χ0n) is 23.9. The molecule has 0 bridgehead atoms. The molecule has 0 aliphatic rings. The molecule has 0 spiro atoms. The van der Waals surface area contributed by atoms with Crippen molar-refractivity contribution in [2.24, 2.45) is 0 Å². The molecule has 11 heteroatoms. The van der Waals surface area contributed by atoms with Gasteiger partial charge in [-0.05, 0) is 95.0 Å². The Balaban J connectivity index is 2.05. The molecule has 0 radical (unpaired) electrons. The molecule has 1 atom stereocenters. The fraction of sp³-hybridized carbons (Fsp3) is 0.333. The molecule has 0 heterocycles. The monoisotopic (exact) mass is 635 g/mol. The summed E-state index contributed by atoms with van der Waals surface area (Å²) < 4.78 is 29.0. The molecule has 0 saturated heterocycles. The molecule has 1 N–H and O–H groups in total. The molecule has 0 aromatic heterocycles. The van der Waals surface area contributed by atoms with E-state index >= 15 is 0 Å². The summed E-state index contributed by atoms with van der Waals surface area (Å²) in [6.07, 6.45) is 1.90. The van der Waals surface area contributed by atoms with E-state index in [4.69, 9.17) is 23.2 Å². The van der Waals surface area contributed by atoms with Gasteiger partial charge in [0.25, 0.3) is 10.0 Å². The van der Waals surface area contributed by atoms with Crippen molar-refractivity contribution < 1.29 is 18.0 Å². The van der Waals surface area contributed by atoms with Gasteiger partial charge in [0.15, 0.2) is 0 Å². The van der Waals surface area contributed by atoms with Gasteiger partial charge in [0.1, 0.15) is 12.6 Å². The minimum Gasteiger partial charge on any atom is -0.350 e. The standard InChI is InChI=1S/C30H35Cl2N3O4S2/c1-20-7-11-24(12-8-20)35(41(38,39)26-15-13-25(40-6)14-16-26)19-28(36)34(21(2)29(37)33-30(3,4)5)18-22-9-10-23(31)17-27(22)32/h7-17,21H,18-19H2,1-6H3,(H,33,37)/t21-/m1/s1. The van der Waals surface area contributed by atoms with Crippen LogP contribution in [0.2, 0.25) is 10.0 Å². The quantitative estimate of drug-likeness (QED) is 0.255. The third-order valence-corrected chi connectivity index (χ3v) is 9.39. The van der Waals surface area contributed by atoms with Crippen LogP contribution in [-0.2, 0) is 26.2 Å². The zero-order valence-corrected chi connectivity index (χ0v) is 27.1. The Morgan fingerprint density at radius 1 is 0.976 bits per heavy atom. The van der Waals surface area contributed by atoms with Crippen molar-refractivity contribution in [3.05, 3.63) is 87.9 Å². The maximum absolute atomic E-state index is 14.0. The molecule has 0 saturated carbocycles. The average molecular weight is 637 g/mol. The Kier molecular flexibility index (Phi) is 10.8. The number of sulfonamides is 1. The van der Waals surface area contributed by atoms with Gasteiger partial charge in [-0.3, -0.25) is 13.9 Å². The number of anilines is 1. The van der Waals surface area contributed by atoms with Gasteiger partial charge in [0.2, 0.25) is 11.8 Å². The molecule has 3 rings (SSSR count). The molecular formula is C30H35Cl2N3O4S2. The summed E-state index contributed by atoms with van der Waals surface area (Å²) >= 11 is 14.0. The minimum absolute atomic E-state index is 0.0300. The Bertz CT molecular complexity index is 1490. The summed E-state index contributed by atoms with van der Waals surface area (Å²) in [5, 5.41) is 3.66. The third kappa shape index (κ3) is 8.64. The fourth-order valence-corrected chi connectivity index (χ4v) is 6.30. The smallest absolute Gasteiger partial charge is 0.264 e. The van der Waals surface area contributed by atoms with Crippen LogP contribution in [0.5, 0.6) is 0 Å². The minimum atomic E-state index is -4.15. The lowest BCUT2D eigenvalue weighted by Gasteiger charge is -2.33. The lowest BCUT2D eigenvalue weighted by Crippen LogP contribution is -2.54. The van der Waals surface area contributed by atoms with Crippen LogP contribution in [0.1, 0.15) is 38.8 Å². The number of carbonyl (C=O) groups is 2. The summed E-state index contributed by atoms with van der Waals surface area (Å²) in [7, 11) is -4.15. The van der Waals surface area contributed by atoms with Gasteiger partial charge in [-0.1, -0.05) is 47.0 Å². The van der Waals surface area contributed by atoms with Gasteiger partial charge in [-0.15, -0.1) is 11.8 Å². The number of amides is 2. The molecule has 3 aromatic carbocycles. The SMILES string of the molecule is CSc1ccc(S(=O)(=O)N(CC(=O)N(Cc2ccc(Cl)cc2Cl)[C@H](C)C(=O)NC(C)(C)C)c2ccc(C)cc2)cc1. The number of carbonyl (C=O) groups excluding carboxylic acids is 2. The molecular weight excluding hydrogens is 601 g/mol. The number of hydrogen-bond donors (Lipinski definition) is 1. The Morgan fingerprint density at radius 2 is 1.59 bits per heavy atom. The predicted molar refractivity (Wildman–Crippen MR) is 168 cm³/mol. The number of benzene rings is 3. The van der Waals surface area contributed by atoms with Crippen molar-refractivity contribution in [2.75, 3.05) is 17.1 Å². The van der Waals surface area contributed by atoms with E-state index in [1.165, 1.54) is 28.8 Å². The lowest BCUT2D eigenvalue weighted by atomic mass is 10.1. The Morgan fingerprint density at radius 3 is 2.12 bits per heavy atom. The first kappa shape index (κ1) is 32.8. The number of aryl methyl sites for hydroxylation is 1. The van der Waals surface area contributed by atoms with Gasteiger partial charge in [0, 0.05) is 27.0 Å². The summed E-state index contributed by atoms with van der Waals surface area (Å²) in [4.78, 5) is 29.5. The predicted octanol–water partition coefficient (Wildman–Crippen LogP) is 6.55. The van der Waals surface area contributed by atoms with Crippen LogP contribution >= 0.6 is 35.0 Å². The normalized spacial score (nSPS) is 12.5. The number of thioether (sulfide) groups is 1. The summed E-state index contributed by atoms with van der Waals surface area (Å²) in [6.45, 7) is 8.46. The first-order valence-electron chi connectivity index (χ1n) is 12.9. The van der Waals surface area contributed by atoms with Crippen molar-refractivity contribution >= 4 is 62.5 Å². The van der Waals surface area contributed by atoms with Gasteiger partial charge >= 0.3 is 0 Å². The second-order valence-electron chi connectivity index (χ2n) is 10.7. The molecule has 3 aromatic rings. The van der Waals surface area contributed by atoms with Crippen molar-refractivity contribution in [1.82, 2.24) is 10.2 Å². The summed E-state index contributed by atoms with van der Waals surface area (Å²) in [5.41, 5.74) is 1.29. The first-order chi connectivity index (χ1) is 19.1. The molecule has 0 unspecified atom stereocenters. The molecule has 0 aliphatic heterocycles. The number of rotatable bonds is 10. The van der Waals surface area contributed by atoms with Crippen molar-refractivity contribution in [3.8, 4) is 0 Å². The van der Waals surface area contributed by atoms with Crippen LogP contribution in [0.25, 0.3) is 0 Å². The van der Waals surface area contributed by atoms with Crippen molar-refractivity contribution in [2.45, 2.75) is 62.5 Å². The summed E-state index contributed by atoms with van der Waals surface area (Å²) in [6, 6.07) is 17.3. The van der Waals surface area contributed by atoms with E-state index in [1.54, 1.807) is 61.5 Å². The average Bonchev–Trinajstić information content (AvgIpc) is 2.90. The van der Waals surface area contributed by atoms with Gasteiger partial charge in [0.05, 0.1) is 10.6 Å². The number of halogens is 2. The van der Waals surface area contributed by atoms with Gasteiger partial charge in [-0.25, -0.2) is 8.42 Å². The maximum atomic E-state index is 14.0. The number of hydrogen-bond acceptors (Lipinski definition) is 5. The Labute approximate surface area is 257 Å². The van der Waals surface area contributed by atoms with Crippen LogP contribution < -0.4 is 9.62 Å². The van der Waals surface area contributed by atoms with Crippen LogP contribution in [0.3, 0.4) is 0 Å². The van der Waals surface area contributed by atoms with E-state index in [0.29, 0.717) is 21.3 Å². The highest BCUT2D eigenvalue weighted by molar-refractivity contribution is 7.98. The second kappa shape index (κ2) is 13.5. The molecule has 220 valence electrons. The fourth-order valence-electron chi connectivity index (χ4n) is 4.00. The first-order valence-corrected chi connectivity index (χ1v) is 16.3. The highest BCUT2D eigenvalue weighted by Crippen LogP contribution is 2.28. The number of nitrogens with zero attached hydrogens (tertiary/aromatic N) is 2. The second-order valence-corrected chi connectivity index (χ2v) is 14.3. The van der Waals surface area contributed by atoms with Crippen LogP contribution in [-0.4, -0.2) is 49.5 Å². The lowest BCUT2D eigenvalue weighted by molar-refractivity contribution is -0.140. The third-order valence-electron chi connectivity index (χ3n) is 6.27. The highest BCUT2D eigenvalue weighted by atomic mass is 35.5. The van der Waals surface area contributed by atoms with Crippen molar-refractivity contribution in [3.63, 3.8) is 0 Å². The summed E-state index contributed by atoms with van der Waals surface area (Å²) in [5.74, 6) is -0.953. The van der Waals surface area contributed by atoms with Crippen LogP contribution in [0.15, 0.2) is 76.5 Å². The van der Waals surface area contributed by atoms with Gasteiger partial charge in [-0.2, -0.15) is 0 Å². The molecule has 0 aliphatic carbocycles. The molecule has 7 nitrogen and oxygen atoms in total. The molecule has 0 fully saturated rings. The van der Waals surface area contributed by atoms with E-state index in [-0.39, 0.29) is 17.3 Å². The number of nitrogens with one attached hydrogen (secondary N) is 1.